The minimum absolute atomic E-state index is 0.289. The molecule has 2 aromatic heterocycles. The van der Waals surface area contributed by atoms with Crippen LogP contribution in [-0.4, -0.2) is 51.2 Å². The molecule has 0 atom stereocenters. The standard InChI is InChI=1S/C26H33F2N7/c1-7-15-34(5)22-13-9-11-21(20-12-10-14-23(32-20)26(4,27)28)33-25(22)35(6)18(3)31-24-16-19(8-2)29-17-30-24/h10-14,16-17H,3,7-9,15H2,1-2,4-6H3,(H,29,30,31). The Bertz CT molecular complexity index is 1150. The Morgan fingerprint density at radius 3 is 2.63 bits per heavy atom. The molecule has 3 heterocycles. The molecule has 0 saturated carbocycles. The summed E-state index contributed by atoms with van der Waals surface area (Å²) in [5.74, 6) is -1.22. The summed E-state index contributed by atoms with van der Waals surface area (Å²) in [7, 11) is 3.87. The lowest BCUT2D eigenvalue weighted by Crippen LogP contribution is -2.36. The number of aromatic nitrogens is 3. The Kier molecular flexibility index (Phi) is 8.32. The number of amidine groups is 1. The van der Waals surface area contributed by atoms with Gasteiger partial charge >= 0.3 is 0 Å². The number of aryl methyl sites for hydroxylation is 1. The van der Waals surface area contributed by atoms with Crippen molar-refractivity contribution in [2.45, 2.75) is 46.0 Å². The third kappa shape index (κ3) is 6.49. The van der Waals surface area contributed by atoms with E-state index in [4.69, 9.17) is 4.99 Å². The van der Waals surface area contributed by atoms with E-state index >= 15 is 0 Å². The Hall–Kier alpha value is -3.62. The second kappa shape index (κ2) is 11.2. The molecular weight excluding hydrogens is 448 g/mol. The number of halogens is 2. The molecule has 1 aliphatic heterocycles. The van der Waals surface area contributed by atoms with Crippen LogP contribution in [0.25, 0.3) is 5.70 Å². The summed E-state index contributed by atoms with van der Waals surface area (Å²) in [5, 5.41) is 3.23. The topological polar surface area (TPSA) is 69.5 Å². The molecule has 0 spiro atoms. The van der Waals surface area contributed by atoms with Crippen molar-refractivity contribution in [1.82, 2.24) is 24.8 Å². The number of aliphatic imine (C=N–C) groups is 1. The molecule has 0 bridgehead atoms. The quantitative estimate of drug-likeness (QED) is 0.515. The van der Waals surface area contributed by atoms with Crippen LogP contribution < -0.4 is 5.32 Å². The van der Waals surface area contributed by atoms with E-state index in [-0.39, 0.29) is 5.69 Å². The van der Waals surface area contributed by atoms with Crippen molar-refractivity contribution < 1.29 is 8.78 Å². The number of pyridine rings is 1. The van der Waals surface area contributed by atoms with E-state index in [1.165, 1.54) is 12.4 Å². The minimum atomic E-state index is -3.04. The second-order valence-corrected chi connectivity index (χ2v) is 8.45. The van der Waals surface area contributed by atoms with Gasteiger partial charge in [0.15, 0.2) is 5.84 Å². The van der Waals surface area contributed by atoms with Crippen LogP contribution >= 0.6 is 0 Å². The Morgan fingerprint density at radius 2 is 1.94 bits per heavy atom. The fourth-order valence-corrected chi connectivity index (χ4v) is 3.62. The van der Waals surface area contributed by atoms with E-state index < -0.39 is 5.92 Å². The molecule has 35 heavy (non-hydrogen) atoms. The first-order valence-electron chi connectivity index (χ1n) is 11.7. The highest BCUT2D eigenvalue weighted by atomic mass is 19.3. The maximum atomic E-state index is 13.9. The number of nitrogens with zero attached hydrogens (tertiary/aromatic N) is 6. The van der Waals surface area contributed by atoms with Crippen molar-refractivity contribution >= 4 is 17.4 Å². The van der Waals surface area contributed by atoms with E-state index in [9.17, 15) is 8.78 Å². The number of rotatable bonds is 9. The molecule has 186 valence electrons. The van der Waals surface area contributed by atoms with Crippen LogP contribution in [0.2, 0.25) is 0 Å². The lowest BCUT2D eigenvalue weighted by Gasteiger charge is -2.30. The fraction of sp³-hybridized carbons (Fsp3) is 0.385. The average molecular weight is 482 g/mol. The van der Waals surface area contributed by atoms with Crippen LogP contribution in [0.1, 0.15) is 50.7 Å². The molecule has 9 heteroatoms. The van der Waals surface area contributed by atoms with Gasteiger partial charge in [-0.2, -0.15) is 8.78 Å². The first-order chi connectivity index (χ1) is 16.6. The number of nitrogens with one attached hydrogen (secondary N) is 1. The highest BCUT2D eigenvalue weighted by Gasteiger charge is 2.27. The SMILES string of the molecule is C=C(Nc1cc(CC)ncn1)N(C)C1=NC(c2cccc(C(C)(F)F)n2)=CCC=C1N(C)CCC. The molecule has 1 aliphatic rings. The minimum Gasteiger partial charge on any atom is -0.372 e. The number of hydrogen-bond acceptors (Lipinski definition) is 7. The van der Waals surface area contributed by atoms with Crippen LogP contribution in [0.5, 0.6) is 0 Å². The zero-order valence-electron chi connectivity index (χ0n) is 21.0. The van der Waals surface area contributed by atoms with Crippen molar-refractivity contribution in [1.29, 1.82) is 0 Å². The summed E-state index contributed by atoms with van der Waals surface area (Å²) in [5.41, 5.74) is 2.46. The molecule has 0 radical (unpaired) electrons. The molecule has 0 fully saturated rings. The van der Waals surface area contributed by atoms with Gasteiger partial charge < -0.3 is 15.1 Å². The Balaban J connectivity index is 1.98. The summed E-state index contributed by atoms with van der Waals surface area (Å²) in [6, 6.07) is 6.48. The van der Waals surface area contributed by atoms with Gasteiger partial charge in [0.2, 0.25) is 0 Å². The maximum Gasteiger partial charge on any atom is 0.286 e. The summed E-state index contributed by atoms with van der Waals surface area (Å²) in [4.78, 5) is 21.6. The molecule has 0 aromatic carbocycles. The smallest absolute Gasteiger partial charge is 0.286 e. The van der Waals surface area contributed by atoms with E-state index in [1.54, 1.807) is 12.1 Å². The fourth-order valence-electron chi connectivity index (χ4n) is 3.62. The van der Waals surface area contributed by atoms with Gasteiger partial charge in [-0.25, -0.2) is 19.9 Å². The number of hydrogen-bond donors (Lipinski definition) is 1. The van der Waals surface area contributed by atoms with Gasteiger partial charge in [-0.05, 0) is 31.4 Å². The first kappa shape index (κ1) is 26.0. The van der Waals surface area contributed by atoms with Crippen LogP contribution in [0, 0.1) is 0 Å². The third-order valence-corrected chi connectivity index (χ3v) is 5.59. The molecule has 3 rings (SSSR count). The van der Waals surface area contributed by atoms with Gasteiger partial charge in [0.25, 0.3) is 5.92 Å². The van der Waals surface area contributed by atoms with Gasteiger partial charge in [0.05, 0.1) is 17.1 Å². The second-order valence-electron chi connectivity index (χ2n) is 8.45. The van der Waals surface area contributed by atoms with E-state index in [0.717, 1.165) is 37.7 Å². The zero-order valence-corrected chi connectivity index (χ0v) is 21.0. The largest absolute Gasteiger partial charge is 0.372 e. The van der Waals surface area contributed by atoms with Gasteiger partial charge in [-0.3, -0.25) is 0 Å². The predicted octanol–water partition coefficient (Wildman–Crippen LogP) is 5.43. The monoisotopic (exact) mass is 481 g/mol. The highest BCUT2D eigenvalue weighted by molar-refractivity contribution is 6.02. The van der Waals surface area contributed by atoms with Crippen LogP contribution in [-0.2, 0) is 12.3 Å². The van der Waals surface area contributed by atoms with Crippen LogP contribution in [0.3, 0.4) is 0 Å². The molecule has 0 aliphatic carbocycles. The van der Waals surface area contributed by atoms with E-state index in [0.29, 0.717) is 35.3 Å². The number of alkyl halides is 2. The van der Waals surface area contributed by atoms with Crippen molar-refractivity contribution in [2.75, 3.05) is 26.0 Å². The Morgan fingerprint density at radius 1 is 1.17 bits per heavy atom. The molecule has 7 nitrogen and oxygen atoms in total. The molecule has 0 amide bonds. The summed E-state index contributed by atoms with van der Waals surface area (Å²) < 4.78 is 27.9. The van der Waals surface area contributed by atoms with Gasteiger partial charge in [-0.15, -0.1) is 0 Å². The lowest BCUT2D eigenvalue weighted by atomic mass is 10.2. The van der Waals surface area contributed by atoms with Gasteiger partial charge in [-0.1, -0.05) is 38.6 Å². The summed E-state index contributed by atoms with van der Waals surface area (Å²) in [6.07, 6.45) is 7.82. The normalized spacial score (nSPS) is 13.9. The van der Waals surface area contributed by atoms with Crippen molar-refractivity contribution in [3.8, 4) is 0 Å². The molecule has 2 aromatic rings. The predicted molar refractivity (Wildman–Crippen MR) is 137 cm³/mol. The highest BCUT2D eigenvalue weighted by Crippen LogP contribution is 2.28. The molecule has 0 unspecified atom stereocenters. The maximum absolute atomic E-state index is 13.9. The van der Waals surface area contributed by atoms with Gasteiger partial charge in [0, 0.05) is 39.3 Å². The number of allylic oxidation sites excluding steroid dienone is 2. The van der Waals surface area contributed by atoms with E-state index in [1.807, 2.05) is 38.1 Å². The number of likely N-dealkylation sites (N-methyl/N-ethyl adjacent to an activating group) is 2. The van der Waals surface area contributed by atoms with Crippen molar-refractivity contribution in [3.63, 3.8) is 0 Å². The van der Waals surface area contributed by atoms with Crippen molar-refractivity contribution in [2.24, 2.45) is 4.99 Å². The van der Waals surface area contributed by atoms with Crippen LogP contribution in [0.4, 0.5) is 14.6 Å². The molecular formula is C26H33F2N7. The van der Waals surface area contributed by atoms with Crippen LogP contribution in [0.15, 0.2) is 65.8 Å². The number of anilines is 1. The zero-order chi connectivity index (χ0) is 25.6. The van der Waals surface area contributed by atoms with E-state index in [2.05, 4.69) is 44.7 Å². The first-order valence-corrected chi connectivity index (χ1v) is 11.7. The molecule has 0 saturated heterocycles. The third-order valence-electron chi connectivity index (χ3n) is 5.59. The van der Waals surface area contributed by atoms with Gasteiger partial charge in [0.1, 0.15) is 23.7 Å². The summed E-state index contributed by atoms with van der Waals surface area (Å²) >= 11 is 0. The summed E-state index contributed by atoms with van der Waals surface area (Å²) in [6.45, 7) is 10.00. The molecule has 1 N–H and O–H groups in total. The van der Waals surface area contributed by atoms with Crippen molar-refractivity contribution in [3.05, 3.63) is 77.9 Å². The lowest BCUT2D eigenvalue weighted by molar-refractivity contribution is 0.0127. The Labute approximate surface area is 206 Å². The average Bonchev–Trinajstić information content (AvgIpc) is 3.06.